The van der Waals surface area contributed by atoms with Crippen LogP contribution >= 0.6 is 0 Å². The van der Waals surface area contributed by atoms with Crippen LogP contribution in [-0.4, -0.2) is 55.2 Å². The zero-order valence-corrected chi connectivity index (χ0v) is 36.9. The summed E-state index contributed by atoms with van der Waals surface area (Å²) in [5.41, 5.74) is 12.2. The lowest BCUT2D eigenvalue weighted by Crippen LogP contribution is -2.54. The van der Waals surface area contributed by atoms with Gasteiger partial charge in [0.1, 0.15) is 33.6 Å². The third-order valence-corrected chi connectivity index (χ3v) is 21.8. The first-order valence-electron chi connectivity index (χ1n) is 20.0. The second kappa shape index (κ2) is 13.0. The van der Waals surface area contributed by atoms with Crippen LogP contribution in [0.1, 0.15) is 74.9 Å². The summed E-state index contributed by atoms with van der Waals surface area (Å²) in [4.78, 5) is 32.1. The second-order valence-corrected chi connectivity index (χ2v) is 28.6. The first kappa shape index (κ1) is 37.5. The van der Waals surface area contributed by atoms with Gasteiger partial charge in [-0.2, -0.15) is 0 Å². The third-order valence-electron chi connectivity index (χ3n) is 12.8. The first-order valence-corrected chi connectivity index (χ1v) is 26.0. The van der Waals surface area contributed by atoms with E-state index in [4.69, 9.17) is 25.0 Å². The Morgan fingerprint density at radius 1 is 0.534 bits per heavy atom. The monoisotopic (exact) mass is 792 g/mol. The summed E-state index contributed by atoms with van der Waals surface area (Å²) in [6.07, 6.45) is 0. The van der Waals surface area contributed by atoms with Crippen molar-refractivity contribution >= 4 is 67.7 Å². The van der Waals surface area contributed by atoms with Crippen LogP contribution in [0.3, 0.4) is 0 Å². The molecule has 288 valence electrons. The molecule has 0 spiro atoms. The number of hydrogen-bond donors (Lipinski definition) is 2. The highest BCUT2D eigenvalue weighted by atomic mass is 28.3. The molecule has 0 saturated heterocycles. The number of aliphatic imine (C=N–C) groups is 5. The van der Waals surface area contributed by atoms with Crippen molar-refractivity contribution in [3.8, 4) is 23.1 Å². The number of fused-ring (bicyclic) bond motifs is 18. The van der Waals surface area contributed by atoms with E-state index < -0.39 is 21.8 Å². The summed E-state index contributed by atoms with van der Waals surface area (Å²) in [5.74, 6) is 8.35. The van der Waals surface area contributed by atoms with E-state index in [-0.39, 0.29) is 10.1 Å². The summed E-state index contributed by atoms with van der Waals surface area (Å²) in [6, 6.07) is 36.8. The smallest absolute Gasteiger partial charge is 0.215 e. The molecule has 10 heteroatoms. The predicted molar refractivity (Wildman–Crippen MR) is 246 cm³/mol. The van der Waals surface area contributed by atoms with Gasteiger partial charge in [-0.25, -0.2) is 29.9 Å². The maximum atomic E-state index is 5.46. The molecule has 8 bridgehead atoms. The van der Waals surface area contributed by atoms with Crippen molar-refractivity contribution in [3.05, 3.63) is 130 Å². The minimum Gasteiger partial charge on any atom is -0.332 e. The lowest BCUT2D eigenvalue weighted by atomic mass is 9.96. The van der Waals surface area contributed by atoms with Crippen LogP contribution in [-0.2, 0) is 5.66 Å². The average molecular weight is 793 g/mol. The Hall–Kier alpha value is -6.08. The van der Waals surface area contributed by atoms with E-state index in [0.717, 1.165) is 44.2 Å². The van der Waals surface area contributed by atoms with Gasteiger partial charge in [-0.15, -0.1) is 11.1 Å². The van der Waals surface area contributed by atoms with Crippen molar-refractivity contribution in [2.45, 2.75) is 83.5 Å². The molecule has 58 heavy (non-hydrogen) atoms. The van der Waals surface area contributed by atoms with Crippen molar-refractivity contribution in [1.29, 1.82) is 0 Å². The first-order chi connectivity index (χ1) is 27.5. The fourth-order valence-electron chi connectivity index (χ4n) is 7.09. The fraction of sp³-hybridized carbons (Fsp3) is 0.271. The minimum atomic E-state index is -2.19. The fourth-order valence-corrected chi connectivity index (χ4v) is 8.73. The van der Waals surface area contributed by atoms with Crippen molar-refractivity contribution < 1.29 is 0 Å². The van der Waals surface area contributed by atoms with Crippen LogP contribution in [0.2, 0.25) is 36.3 Å². The highest BCUT2D eigenvalue weighted by molar-refractivity contribution is 6.88. The molecule has 0 amide bonds. The summed E-state index contributed by atoms with van der Waals surface area (Å²) in [6.45, 7) is 23.2. The van der Waals surface area contributed by atoms with Crippen LogP contribution in [0, 0.1) is 23.1 Å². The maximum Gasteiger partial charge on any atom is 0.215 e. The molecule has 1 aromatic heterocycles. The molecule has 0 aliphatic carbocycles. The van der Waals surface area contributed by atoms with Gasteiger partial charge in [0.15, 0.2) is 23.3 Å². The molecule has 0 fully saturated rings. The van der Waals surface area contributed by atoms with E-state index in [9.17, 15) is 0 Å². The molecular formula is C48H48N8Si2. The number of benzene rings is 4. The Morgan fingerprint density at radius 3 is 1.59 bits per heavy atom. The number of aromatic nitrogens is 1. The Bertz CT molecular complexity index is 2870. The highest BCUT2D eigenvalue weighted by Crippen LogP contribution is 2.42. The number of amidine groups is 5. The standard InChI is InChI=1S/C48H48N8Si2/c1-46(2,3)57(7,8)29-27-48-38-26-18-17-25-37(38)44(55-48)53-42-34-22-14-13-21-33(34)40(51-42)49-39-31-19-11-12-20-32(31)41(50-39)52-43-35-23-15-16-24-36(35)45(54-43)56(48)28-30-58(9,10)47(4,5)6/h11-26,50H,1-10H3,(H,49,51,53,55)/b52-43-. The summed E-state index contributed by atoms with van der Waals surface area (Å²) >= 11 is 0. The number of H-pyrrole nitrogens is 1. The van der Waals surface area contributed by atoms with Crippen LogP contribution in [0.5, 0.6) is 0 Å². The van der Waals surface area contributed by atoms with Crippen molar-refractivity contribution in [3.63, 3.8) is 0 Å². The Kier molecular flexibility index (Phi) is 8.39. The van der Waals surface area contributed by atoms with Gasteiger partial charge in [-0.05, 0) is 10.1 Å². The second-order valence-electron chi connectivity index (χ2n) is 18.6. The Morgan fingerprint density at radius 2 is 1.00 bits per heavy atom. The molecule has 0 radical (unpaired) electrons. The molecule has 5 heterocycles. The number of nitrogens with zero attached hydrogens (tertiary/aromatic N) is 6. The van der Waals surface area contributed by atoms with Gasteiger partial charge in [-0.1, -0.05) is 171 Å². The molecule has 9 rings (SSSR count). The van der Waals surface area contributed by atoms with Crippen LogP contribution in [0.15, 0.2) is 122 Å². The largest absolute Gasteiger partial charge is 0.332 e. The molecule has 1 unspecified atom stereocenters. The number of hydrogen-bond acceptors (Lipinski definition) is 7. The van der Waals surface area contributed by atoms with Gasteiger partial charge in [0.25, 0.3) is 0 Å². The zero-order chi connectivity index (χ0) is 40.8. The minimum absolute atomic E-state index is 0.00857. The molecule has 4 aliphatic heterocycles. The molecule has 4 aliphatic rings. The molecule has 5 aromatic rings. The van der Waals surface area contributed by atoms with Gasteiger partial charge in [0.05, 0.1) is 0 Å². The van der Waals surface area contributed by atoms with Crippen molar-refractivity contribution in [2.75, 3.05) is 0 Å². The van der Waals surface area contributed by atoms with Crippen LogP contribution in [0.4, 0.5) is 11.6 Å². The molecule has 1 atom stereocenters. The Balaban J connectivity index is 1.43. The molecule has 0 saturated carbocycles. The quantitative estimate of drug-likeness (QED) is 0.121. The third kappa shape index (κ3) is 5.93. The summed E-state index contributed by atoms with van der Waals surface area (Å²) < 4.78 is 0. The Labute approximate surface area is 343 Å². The van der Waals surface area contributed by atoms with Crippen LogP contribution < -0.4 is 5.32 Å². The van der Waals surface area contributed by atoms with Gasteiger partial charge in [-0.3, -0.25) is 0 Å². The van der Waals surface area contributed by atoms with Crippen molar-refractivity contribution in [2.24, 2.45) is 25.0 Å². The van der Waals surface area contributed by atoms with Gasteiger partial charge in [0.2, 0.25) is 5.66 Å². The van der Waals surface area contributed by atoms with Gasteiger partial charge >= 0.3 is 0 Å². The SMILES string of the molecule is CC(C)(C)[Si](C)(C)C#CN1C2=N/C(=N\c3[nH]c(c4ccccc34)/N=C3\N=C(N=C4NC1(C#C[Si](C)(C)C(C)(C)C)c1ccccc14)c1ccccc13)c1ccccc12. The predicted octanol–water partition coefficient (Wildman–Crippen LogP) is 10.4. The van der Waals surface area contributed by atoms with E-state index in [0.29, 0.717) is 40.8 Å². The molecule has 4 aromatic carbocycles. The maximum absolute atomic E-state index is 5.46. The number of aromatic amines is 1. The van der Waals surface area contributed by atoms with Crippen LogP contribution in [0.25, 0.3) is 10.8 Å². The number of rotatable bonds is 0. The molecule has 8 nitrogen and oxygen atoms in total. The average Bonchev–Trinajstić information content (AvgIpc) is 3.91. The summed E-state index contributed by atoms with van der Waals surface area (Å²) in [7, 11) is -4.38. The lowest BCUT2D eigenvalue weighted by Gasteiger charge is -2.38. The lowest BCUT2D eigenvalue weighted by molar-refractivity contribution is 0.318. The van der Waals surface area contributed by atoms with E-state index >= 15 is 0 Å². The number of nitrogens with one attached hydrogen (secondary N) is 2. The van der Waals surface area contributed by atoms with E-state index in [1.807, 2.05) is 30.3 Å². The molecule has 2 N–H and O–H groups in total. The van der Waals surface area contributed by atoms with E-state index in [2.05, 4.69) is 173 Å². The van der Waals surface area contributed by atoms with E-state index in [1.165, 1.54) is 0 Å². The van der Waals surface area contributed by atoms with E-state index in [1.54, 1.807) is 0 Å². The summed E-state index contributed by atoms with van der Waals surface area (Å²) in [5, 5.41) is 5.85. The zero-order valence-electron chi connectivity index (χ0n) is 34.9. The normalized spacial score (nSPS) is 20.0. The highest BCUT2D eigenvalue weighted by Gasteiger charge is 2.50. The topological polar surface area (TPSA) is 92.9 Å². The van der Waals surface area contributed by atoms with Crippen molar-refractivity contribution in [1.82, 2.24) is 15.2 Å². The van der Waals surface area contributed by atoms with Gasteiger partial charge in [0, 0.05) is 50.2 Å². The van der Waals surface area contributed by atoms with Gasteiger partial charge < -0.3 is 10.3 Å². The molecular weight excluding hydrogens is 745 g/mol.